The summed E-state index contributed by atoms with van der Waals surface area (Å²) in [6.07, 6.45) is 3.46. The van der Waals surface area contributed by atoms with E-state index < -0.39 is 0 Å². The molecule has 0 aliphatic heterocycles. The standard InChI is InChI=1S/C20H18N4/c1-13(21)17-7-9-19(23-11-17)15-3-5-16(6-4-15)20-10-8-18(12-24-20)14(2)22/h3-12H,1-2,21-22H2. The van der Waals surface area contributed by atoms with Crippen LogP contribution in [0.2, 0.25) is 0 Å². The summed E-state index contributed by atoms with van der Waals surface area (Å²) in [5, 5.41) is 0. The van der Waals surface area contributed by atoms with Gasteiger partial charge in [-0.05, 0) is 24.3 Å². The maximum Gasteiger partial charge on any atom is 0.0702 e. The fourth-order valence-electron chi connectivity index (χ4n) is 2.32. The largest absolute Gasteiger partial charge is 0.399 e. The molecule has 4 heteroatoms. The third kappa shape index (κ3) is 3.17. The van der Waals surface area contributed by atoms with Gasteiger partial charge in [0.2, 0.25) is 0 Å². The molecule has 2 aromatic heterocycles. The minimum absolute atomic E-state index is 0.513. The summed E-state index contributed by atoms with van der Waals surface area (Å²) in [6.45, 7) is 7.42. The predicted octanol–water partition coefficient (Wildman–Crippen LogP) is 3.67. The van der Waals surface area contributed by atoms with Gasteiger partial charge in [-0.15, -0.1) is 0 Å². The third-order valence-corrected chi connectivity index (χ3v) is 3.74. The van der Waals surface area contributed by atoms with Crippen LogP contribution >= 0.6 is 0 Å². The van der Waals surface area contributed by atoms with E-state index in [1.165, 1.54) is 0 Å². The van der Waals surface area contributed by atoms with E-state index in [2.05, 4.69) is 23.1 Å². The van der Waals surface area contributed by atoms with Crippen molar-refractivity contribution in [1.82, 2.24) is 9.97 Å². The van der Waals surface area contributed by atoms with Crippen LogP contribution in [-0.4, -0.2) is 9.97 Å². The predicted molar refractivity (Wildman–Crippen MR) is 99.3 cm³/mol. The first kappa shape index (κ1) is 15.5. The van der Waals surface area contributed by atoms with Crippen molar-refractivity contribution in [1.29, 1.82) is 0 Å². The zero-order valence-corrected chi connectivity index (χ0v) is 13.2. The van der Waals surface area contributed by atoms with Crippen molar-refractivity contribution < 1.29 is 0 Å². The molecule has 2 heterocycles. The van der Waals surface area contributed by atoms with Gasteiger partial charge in [-0.2, -0.15) is 0 Å². The van der Waals surface area contributed by atoms with Gasteiger partial charge in [0.1, 0.15) is 0 Å². The van der Waals surface area contributed by atoms with E-state index >= 15 is 0 Å². The highest BCUT2D eigenvalue weighted by Crippen LogP contribution is 2.23. The number of hydrogen-bond acceptors (Lipinski definition) is 4. The smallest absolute Gasteiger partial charge is 0.0702 e. The van der Waals surface area contributed by atoms with Crippen molar-refractivity contribution in [3.05, 3.63) is 85.2 Å². The van der Waals surface area contributed by atoms with E-state index in [0.717, 1.165) is 33.6 Å². The van der Waals surface area contributed by atoms with Crippen LogP contribution in [0.25, 0.3) is 33.9 Å². The first-order valence-electron chi connectivity index (χ1n) is 7.47. The van der Waals surface area contributed by atoms with Gasteiger partial charge in [-0.25, -0.2) is 0 Å². The summed E-state index contributed by atoms with van der Waals surface area (Å²) in [5.41, 5.74) is 17.8. The molecule has 3 rings (SSSR count). The molecular formula is C20H18N4. The van der Waals surface area contributed by atoms with E-state index in [9.17, 15) is 0 Å². The molecule has 24 heavy (non-hydrogen) atoms. The zero-order valence-electron chi connectivity index (χ0n) is 13.2. The molecule has 4 nitrogen and oxygen atoms in total. The van der Waals surface area contributed by atoms with Crippen molar-refractivity contribution >= 4 is 11.4 Å². The van der Waals surface area contributed by atoms with E-state index in [0.29, 0.717) is 11.4 Å². The van der Waals surface area contributed by atoms with Gasteiger partial charge in [0.25, 0.3) is 0 Å². The van der Waals surface area contributed by atoms with Crippen molar-refractivity contribution in [2.24, 2.45) is 11.5 Å². The van der Waals surface area contributed by atoms with Crippen LogP contribution in [0.3, 0.4) is 0 Å². The molecule has 0 fully saturated rings. The first-order chi connectivity index (χ1) is 11.5. The van der Waals surface area contributed by atoms with Crippen molar-refractivity contribution in [2.45, 2.75) is 0 Å². The van der Waals surface area contributed by atoms with Gasteiger partial charge in [-0.3, -0.25) is 9.97 Å². The molecule has 0 atom stereocenters. The van der Waals surface area contributed by atoms with Crippen LogP contribution < -0.4 is 11.5 Å². The molecule has 0 radical (unpaired) electrons. The second-order valence-electron chi connectivity index (χ2n) is 5.49. The SMILES string of the molecule is C=C(N)c1ccc(-c2ccc(-c3ccc(C(=C)N)cn3)cc2)nc1. The van der Waals surface area contributed by atoms with Crippen LogP contribution in [0.1, 0.15) is 11.1 Å². The zero-order chi connectivity index (χ0) is 17.1. The summed E-state index contributed by atoms with van der Waals surface area (Å²) in [7, 11) is 0. The van der Waals surface area contributed by atoms with Crippen LogP contribution in [-0.2, 0) is 0 Å². The number of aromatic nitrogens is 2. The molecule has 0 aliphatic carbocycles. The van der Waals surface area contributed by atoms with Crippen molar-refractivity contribution in [2.75, 3.05) is 0 Å². The highest BCUT2D eigenvalue weighted by molar-refractivity contribution is 5.69. The normalized spacial score (nSPS) is 10.3. The molecule has 0 saturated heterocycles. The van der Waals surface area contributed by atoms with E-state index in [1.807, 2.05) is 48.5 Å². The monoisotopic (exact) mass is 314 g/mol. The van der Waals surface area contributed by atoms with Gasteiger partial charge in [-0.1, -0.05) is 37.4 Å². The van der Waals surface area contributed by atoms with E-state index in [4.69, 9.17) is 11.5 Å². The Morgan fingerprint density at radius 3 is 1.25 bits per heavy atom. The molecule has 4 N–H and O–H groups in total. The number of nitrogens with two attached hydrogens (primary N) is 2. The molecular weight excluding hydrogens is 296 g/mol. The average molecular weight is 314 g/mol. The Balaban J connectivity index is 1.84. The maximum atomic E-state index is 5.66. The first-order valence-corrected chi connectivity index (χ1v) is 7.47. The number of pyridine rings is 2. The number of rotatable bonds is 4. The molecule has 0 spiro atoms. The second-order valence-corrected chi connectivity index (χ2v) is 5.49. The average Bonchev–Trinajstić information content (AvgIpc) is 2.62. The van der Waals surface area contributed by atoms with Crippen LogP contribution in [0.15, 0.2) is 74.1 Å². The fraction of sp³-hybridized carbons (Fsp3) is 0. The Labute approximate surface area is 141 Å². The Hall–Kier alpha value is -3.40. The highest BCUT2D eigenvalue weighted by atomic mass is 14.7. The van der Waals surface area contributed by atoms with E-state index in [1.54, 1.807) is 12.4 Å². The van der Waals surface area contributed by atoms with Gasteiger partial charge in [0.05, 0.1) is 11.4 Å². The van der Waals surface area contributed by atoms with E-state index in [-0.39, 0.29) is 0 Å². The number of nitrogens with zero attached hydrogens (tertiary/aromatic N) is 2. The third-order valence-electron chi connectivity index (χ3n) is 3.74. The Kier molecular flexibility index (Phi) is 4.12. The van der Waals surface area contributed by atoms with Crippen LogP contribution in [0, 0.1) is 0 Å². The number of hydrogen-bond donors (Lipinski definition) is 2. The van der Waals surface area contributed by atoms with Crippen LogP contribution in [0.4, 0.5) is 0 Å². The lowest BCUT2D eigenvalue weighted by Crippen LogP contribution is -1.95. The van der Waals surface area contributed by atoms with Crippen molar-refractivity contribution in [3.8, 4) is 22.5 Å². The minimum Gasteiger partial charge on any atom is -0.399 e. The molecule has 118 valence electrons. The Bertz CT molecular complexity index is 800. The van der Waals surface area contributed by atoms with Gasteiger partial charge >= 0.3 is 0 Å². The highest BCUT2D eigenvalue weighted by Gasteiger charge is 2.04. The fourth-order valence-corrected chi connectivity index (χ4v) is 2.32. The summed E-state index contributed by atoms with van der Waals surface area (Å²) < 4.78 is 0. The summed E-state index contributed by atoms with van der Waals surface area (Å²) in [6, 6.07) is 15.8. The van der Waals surface area contributed by atoms with Gasteiger partial charge in [0, 0.05) is 46.0 Å². The minimum atomic E-state index is 0.513. The molecule has 1 aromatic carbocycles. The summed E-state index contributed by atoms with van der Waals surface area (Å²) >= 11 is 0. The molecule has 0 bridgehead atoms. The van der Waals surface area contributed by atoms with Gasteiger partial charge in [0.15, 0.2) is 0 Å². The molecule has 0 amide bonds. The summed E-state index contributed by atoms with van der Waals surface area (Å²) in [5.74, 6) is 0. The van der Waals surface area contributed by atoms with Crippen molar-refractivity contribution in [3.63, 3.8) is 0 Å². The molecule has 3 aromatic rings. The topological polar surface area (TPSA) is 77.8 Å². The number of benzene rings is 1. The van der Waals surface area contributed by atoms with Crippen LogP contribution in [0.5, 0.6) is 0 Å². The lowest BCUT2D eigenvalue weighted by molar-refractivity contribution is 1.29. The Morgan fingerprint density at radius 1 is 0.625 bits per heavy atom. The summed E-state index contributed by atoms with van der Waals surface area (Å²) in [4.78, 5) is 8.85. The molecule has 0 unspecified atom stereocenters. The lowest BCUT2D eigenvalue weighted by Gasteiger charge is -2.06. The maximum absolute atomic E-state index is 5.66. The second kappa shape index (κ2) is 6.38. The lowest BCUT2D eigenvalue weighted by atomic mass is 10.0. The Morgan fingerprint density at radius 2 is 1.00 bits per heavy atom. The molecule has 0 aliphatic rings. The van der Waals surface area contributed by atoms with Gasteiger partial charge < -0.3 is 11.5 Å². The quantitative estimate of drug-likeness (QED) is 0.770. The molecule has 0 saturated carbocycles.